The summed E-state index contributed by atoms with van der Waals surface area (Å²) in [4.78, 5) is 24.6. The Morgan fingerprint density at radius 3 is 2.53 bits per heavy atom. The Morgan fingerprint density at radius 1 is 1.10 bits per heavy atom. The van der Waals surface area contributed by atoms with Crippen molar-refractivity contribution in [3.05, 3.63) is 60.3 Å². The maximum atomic E-state index is 12.5. The summed E-state index contributed by atoms with van der Waals surface area (Å²) in [6, 6.07) is 14.7. The number of carbonyl (C=O) groups is 1. The monoisotopic (exact) mass is 411 g/mol. The highest BCUT2D eigenvalue weighted by Crippen LogP contribution is 2.56. The molecule has 1 spiro atoms. The summed E-state index contributed by atoms with van der Waals surface area (Å²) in [5, 5.41) is 22.9. The zero-order valence-corrected chi connectivity index (χ0v) is 16.5. The fourth-order valence-corrected chi connectivity index (χ4v) is 5.12. The van der Waals surface area contributed by atoms with Gasteiger partial charge in [-0.1, -0.05) is 36.4 Å². The number of hydrogen-bond acceptors (Lipinski definition) is 7. The van der Waals surface area contributed by atoms with Gasteiger partial charge in [-0.25, -0.2) is 14.8 Å². The first-order valence-corrected chi connectivity index (χ1v) is 10.3. The van der Waals surface area contributed by atoms with E-state index in [9.17, 15) is 15.0 Å². The third-order valence-corrected chi connectivity index (χ3v) is 6.65. The molecule has 0 unspecified atom stereocenters. The third-order valence-electron chi connectivity index (χ3n) is 6.65. The fourth-order valence-electron chi connectivity index (χ4n) is 5.12. The molecule has 2 saturated heterocycles. The Morgan fingerprint density at radius 2 is 1.83 bits per heavy atom. The standard InChI is InChI=1S/C22H25N3O5/c26-17-18(27)20-22(19(17)25(30-20)16-8-4-5-11-23-16)9-12-24(13-10-22)21(28)29-14-15-6-2-1-3-7-15/h1-8,11,17-20,26-27H,9-10,12-14H2/t17-,18+,19+,20-/m1/s1. The van der Waals surface area contributed by atoms with Crippen LogP contribution in [0.1, 0.15) is 18.4 Å². The molecule has 8 heteroatoms. The Hall–Kier alpha value is -2.68. The van der Waals surface area contributed by atoms with Crippen LogP contribution >= 0.6 is 0 Å². The van der Waals surface area contributed by atoms with Gasteiger partial charge in [-0.05, 0) is 30.5 Å². The van der Waals surface area contributed by atoms with E-state index in [0.717, 1.165) is 5.56 Å². The molecule has 30 heavy (non-hydrogen) atoms. The van der Waals surface area contributed by atoms with Gasteiger partial charge in [0.2, 0.25) is 0 Å². The van der Waals surface area contributed by atoms with Crippen molar-refractivity contribution in [1.82, 2.24) is 9.88 Å². The minimum atomic E-state index is -0.952. The molecule has 5 rings (SSSR count). The molecule has 8 nitrogen and oxygen atoms in total. The Kier molecular flexibility index (Phi) is 4.85. The number of hydroxylamine groups is 1. The van der Waals surface area contributed by atoms with Gasteiger partial charge in [0.1, 0.15) is 24.9 Å². The van der Waals surface area contributed by atoms with Crippen molar-refractivity contribution in [2.75, 3.05) is 18.2 Å². The number of amides is 1. The molecule has 3 fully saturated rings. The van der Waals surface area contributed by atoms with Crippen LogP contribution in [0.2, 0.25) is 0 Å². The number of anilines is 1. The van der Waals surface area contributed by atoms with E-state index in [2.05, 4.69) is 4.98 Å². The number of benzene rings is 1. The summed E-state index contributed by atoms with van der Waals surface area (Å²) < 4.78 is 5.46. The molecule has 3 aliphatic rings. The molecule has 3 heterocycles. The average molecular weight is 411 g/mol. The van der Waals surface area contributed by atoms with Crippen molar-refractivity contribution in [3.63, 3.8) is 0 Å². The van der Waals surface area contributed by atoms with Gasteiger partial charge in [-0.2, -0.15) is 0 Å². The fraction of sp³-hybridized carbons (Fsp3) is 0.455. The summed E-state index contributed by atoms with van der Waals surface area (Å²) in [6.07, 6.45) is 0.143. The molecule has 1 aliphatic carbocycles. The highest BCUT2D eigenvalue weighted by molar-refractivity contribution is 5.67. The van der Waals surface area contributed by atoms with E-state index in [4.69, 9.17) is 9.57 Å². The first-order chi connectivity index (χ1) is 14.6. The number of hydrogen-bond donors (Lipinski definition) is 2. The number of aliphatic hydroxyl groups is 2. The first kappa shape index (κ1) is 19.3. The summed E-state index contributed by atoms with van der Waals surface area (Å²) in [5.41, 5.74) is 0.505. The number of pyridine rings is 1. The molecule has 2 N–H and O–H groups in total. The number of rotatable bonds is 3. The van der Waals surface area contributed by atoms with Crippen LogP contribution in [0.15, 0.2) is 54.7 Å². The van der Waals surface area contributed by atoms with Crippen molar-refractivity contribution < 1.29 is 24.6 Å². The minimum absolute atomic E-state index is 0.237. The molecule has 2 aliphatic heterocycles. The van der Waals surface area contributed by atoms with Gasteiger partial charge in [0.05, 0.1) is 6.04 Å². The van der Waals surface area contributed by atoms with Crippen LogP contribution in [0.25, 0.3) is 0 Å². The highest BCUT2D eigenvalue weighted by Gasteiger charge is 2.69. The number of nitrogens with zero attached hydrogens (tertiary/aromatic N) is 3. The van der Waals surface area contributed by atoms with Crippen molar-refractivity contribution >= 4 is 11.9 Å². The summed E-state index contributed by atoms with van der Waals surface area (Å²) in [5.74, 6) is 0.611. The van der Waals surface area contributed by atoms with Crippen LogP contribution in [0, 0.1) is 5.41 Å². The molecule has 4 atom stereocenters. The van der Waals surface area contributed by atoms with Crippen LogP contribution < -0.4 is 5.06 Å². The average Bonchev–Trinajstić information content (AvgIpc) is 3.20. The maximum absolute atomic E-state index is 12.5. The van der Waals surface area contributed by atoms with E-state index in [1.165, 1.54) is 0 Å². The predicted octanol–water partition coefficient (Wildman–Crippen LogP) is 1.72. The van der Waals surface area contributed by atoms with E-state index in [1.54, 1.807) is 16.2 Å². The minimum Gasteiger partial charge on any atom is -0.445 e. The molecule has 158 valence electrons. The van der Waals surface area contributed by atoms with E-state index in [1.807, 2.05) is 48.5 Å². The van der Waals surface area contributed by atoms with E-state index >= 15 is 0 Å². The molecule has 1 amide bonds. The van der Waals surface area contributed by atoms with Gasteiger partial charge in [-0.3, -0.25) is 4.84 Å². The molecular weight excluding hydrogens is 386 g/mol. The molecular formula is C22H25N3O5. The summed E-state index contributed by atoms with van der Waals surface area (Å²) in [7, 11) is 0. The lowest BCUT2D eigenvalue weighted by Crippen LogP contribution is -2.52. The second-order valence-electron chi connectivity index (χ2n) is 8.23. The number of aliphatic hydroxyl groups excluding tert-OH is 2. The zero-order chi connectivity index (χ0) is 20.7. The molecule has 1 aromatic heterocycles. The van der Waals surface area contributed by atoms with Crippen LogP contribution in [0.5, 0.6) is 0 Å². The number of aromatic nitrogens is 1. The van der Waals surface area contributed by atoms with Gasteiger partial charge in [0, 0.05) is 24.7 Å². The largest absolute Gasteiger partial charge is 0.445 e. The molecule has 0 radical (unpaired) electrons. The van der Waals surface area contributed by atoms with Crippen molar-refractivity contribution in [2.24, 2.45) is 5.41 Å². The molecule has 2 bridgehead atoms. The van der Waals surface area contributed by atoms with Gasteiger partial charge in [0.15, 0.2) is 5.82 Å². The number of piperidine rings is 1. The molecule has 1 saturated carbocycles. The number of carbonyl (C=O) groups excluding carboxylic acids is 1. The van der Waals surface area contributed by atoms with Gasteiger partial charge < -0.3 is 19.8 Å². The molecule has 1 aromatic carbocycles. The van der Waals surface area contributed by atoms with Gasteiger partial charge in [-0.15, -0.1) is 0 Å². The van der Waals surface area contributed by atoms with E-state index in [-0.39, 0.29) is 12.7 Å². The quantitative estimate of drug-likeness (QED) is 0.794. The summed E-state index contributed by atoms with van der Waals surface area (Å²) in [6.45, 7) is 1.21. The topological polar surface area (TPSA) is 95.4 Å². The maximum Gasteiger partial charge on any atom is 0.410 e. The normalized spacial score (nSPS) is 29.4. The lowest BCUT2D eigenvalue weighted by molar-refractivity contribution is -0.103. The van der Waals surface area contributed by atoms with Gasteiger partial charge >= 0.3 is 6.09 Å². The van der Waals surface area contributed by atoms with Crippen LogP contribution in [0.4, 0.5) is 10.6 Å². The zero-order valence-electron chi connectivity index (χ0n) is 16.5. The van der Waals surface area contributed by atoms with Crippen LogP contribution in [-0.4, -0.2) is 63.6 Å². The van der Waals surface area contributed by atoms with Crippen LogP contribution in [-0.2, 0) is 16.2 Å². The first-order valence-electron chi connectivity index (χ1n) is 10.3. The Labute approximate surface area is 174 Å². The highest BCUT2D eigenvalue weighted by atomic mass is 16.7. The predicted molar refractivity (Wildman–Crippen MR) is 107 cm³/mol. The van der Waals surface area contributed by atoms with Gasteiger partial charge in [0.25, 0.3) is 0 Å². The molecule has 2 aromatic rings. The van der Waals surface area contributed by atoms with E-state index < -0.39 is 29.8 Å². The Balaban J connectivity index is 1.27. The van der Waals surface area contributed by atoms with E-state index in [0.29, 0.717) is 31.7 Å². The third kappa shape index (κ3) is 3.03. The van der Waals surface area contributed by atoms with Crippen molar-refractivity contribution in [1.29, 1.82) is 0 Å². The SMILES string of the molecule is O=C(OCc1ccccc1)N1CCC2(CC1)[C@@H]1ON(c3ccccn3)[C@H]2[C@H](O)[C@@H]1O. The second-order valence-corrected chi connectivity index (χ2v) is 8.23. The Bertz CT molecular complexity index is 888. The lowest BCUT2D eigenvalue weighted by Gasteiger charge is -2.40. The summed E-state index contributed by atoms with van der Waals surface area (Å²) >= 11 is 0. The van der Waals surface area contributed by atoms with Crippen molar-refractivity contribution in [3.8, 4) is 0 Å². The smallest absolute Gasteiger partial charge is 0.410 e. The number of ether oxygens (including phenoxy) is 1. The second kappa shape index (κ2) is 7.54. The lowest BCUT2D eigenvalue weighted by atomic mass is 9.73. The van der Waals surface area contributed by atoms with Crippen LogP contribution in [0.3, 0.4) is 0 Å². The number of likely N-dealkylation sites (tertiary alicyclic amines) is 1. The van der Waals surface area contributed by atoms with Crippen molar-refractivity contribution in [2.45, 2.75) is 43.8 Å².